The third kappa shape index (κ3) is 2.25. The van der Waals surface area contributed by atoms with Crippen LogP contribution < -0.4 is 0 Å². The smallest absolute Gasteiger partial charge is 0.0576 e. The summed E-state index contributed by atoms with van der Waals surface area (Å²) in [7, 11) is 0. The lowest BCUT2D eigenvalue weighted by molar-refractivity contribution is 0.0789. The van der Waals surface area contributed by atoms with Gasteiger partial charge in [-0.25, -0.2) is 0 Å². The Morgan fingerprint density at radius 2 is 1.92 bits per heavy atom. The Balaban J connectivity index is 1.61. The van der Waals surface area contributed by atoms with E-state index in [9.17, 15) is 0 Å². The van der Waals surface area contributed by atoms with Crippen molar-refractivity contribution in [2.75, 3.05) is 6.61 Å². The summed E-state index contributed by atoms with van der Waals surface area (Å²) in [5, 5.41) is 0. The predicted octanol–water partition coefficient (Wildman–Crippen LogP) is 3.38. The third-order valence-corrected chi connectivity index (χ3v) is 3.98. The molecule has 1 aliphatic carbocycles. The monoisotopic (exact) mass is 182 g/mol. The highest BCUT2D eigenvalue weighted by Crippen LogP contribution is 2.40. The largest absolute Gasteiger partial charge is 0.378 e. The van der Waals surface area contributed by atoms with E-state index in [0.29, 0.717) is 6.10 Å². The van der Waals surface area contributed by atoms with Gasteiger partial charge >= 0.3 is 0 Å². The Labute approximate surface area is 81.9 Å². The molecule has 0 amide bonds. The van der Waals surface area contributed by atoms with Crippen LogP contribution in [0.5, 0.6) is 0 Å². The molecule has 0 spiro atoms. The van der Waals surface area contributed by atoms with Crippen molar-refractivity contribution in [3.05, 3.63) is 0 Å². The molecule has 0 N–H and O–H groups in total. The van der Waals surface area contributed by atoms with Gasteiger partial charge in [-0.3, -0.25) is 0 Å². The van der Waals surface area contributed by atoms with E-state index >= 15 is 0 Å². The quantitative estimate of drug-likeness (QED) is 0.647. The second-order valence-corrected chi connectivity index (χ2v) is 4.72. The Morgan fingerprint density at radius 1 is 1.08 bits per heavy atom. The molecule has 0 aromatic carbocycles. The van der Waals surface area contributed by atoms with Gasteiger partial charge in [0, 0.05) is 6.61 Å². The van der Waals surface area contributed by atoms with Crippen molar-refractivity contribution >= 4 is 0 Å². The molecule has 0 aromatic rings. The van der Waals surface area contributed by atoms with Gasteiger partial charge in [0.25, 0.3) is 0 Å². The average Bonchev–Trinajstić information content (AvgIpc) is 2.56. The summed E-state index contributed by atoms with van der Waals surface area (Å²) < 4.78 is 5.64. The molecule has 0 aromatic heterocycles. The van der Waals surface area contributed by atoms with Gasteiger partial charge < -0.3 is 4.74 Å². The Morgan fingerprint density at radius 3 is 2.46 bits per heavy atom. The van der Waals surface area contributed by atoms with Crippen molar-refractivity contribution < 1.29 is 4.74 Å². The summed E-state index contributed by atoms with van der Waals surface area (Å²) in [5.74, 6) is 2.11. The Hall–Kier alpha value is -0.0400. The molecule has 3 unspecified atom stereocenters. The maximum atomic E-state index is 5.64. The predicted molar refractivity (Wildman–Crippen MR) is 54.7 cm³/mol. The van der Waals surface area contributed by atoms with Gasteiger partial charge in [-0.1, -0.05) is 13.3 Å². The lowest BCUT2D eigenvalue weighted by atomic mass is 9.70. The number of ether oxygens (including phenoxy) is 1. The van der Waals surface area contributed by atoms with E-state index in [4.69, 9.17) is 4.74 Å². The summed E-state index contributed by atoms with van der Waals surface area (Å²) in [5.41, 5.74) is 0. The minimum atomic E-state index is 0.623. The van der Waals surface area contributed by atoms with E-state index in [1.165, 1.54) is 44.9 Å². The van der Waals surface area contributed by atoms with E-state index in [-0.39, 0.29) is 0 Å². The van der Waals surface area contributed by atoms with Crippen LogP contribution in [0.1, 0.15) is 51.9 Å². The number of hydrogen-bond donors (Lipinski definition) is 0. The summed E-state index contributed by atoms with van der Waals surface area (Å²) in [6.07, 6.45) is 10.4. The van der Waals surface area contributed by atoms with Gasteiger partial charge in [0.1, 0.15) is 0 Å². The molecule has 1 nitrogen and oxygen atoms in total. The second-order valence-electron chi connectivity index (χ2n) is 4.72. The van der Waals surface area contributed by atoms with Crippen molar-refractivity contribution in [1.82, 2.24) is 0 Å². The molecule has 1 aliphatic heterocycles. The average molecular weight is 182 g/mol. The zero-order valence-electron chi connectivity index (χ0n) is 8.80. The van der Waals surface area contributed by atoms with Gasteiger partial charge in [0.2, 0.25) is 0 Å². The maximum absolute atomic E-state index is 5.64. The van der Waals surface area contributed by atoms with Crippen LogP contribution in [0.25, 0.3) is 0 Å². The van der Waals surface area contributed by atoms with Gasteiger partial charge in [-0.2, -0.15) is 0 Å². The maximum Gasteiger partial charge on any atom is 0.0576 e. The number of rotatable bonds is 4. The summed E-state index contributed by atoms with van der Waals surface area (Å²) in [4.78, 5) is 0. The topological polar surface area (TPSA) is 9.23 Å². The van der Waals surface area contributed by atoms with Crippen molar-refractivity contribution in [2.45, 2.75) is 58.0 Å². The van der Waals surface area contributed by atoms with Crippen LogP contribution in [0.15, 0.2) is 0 Å². The SMILES string of the molecule is CCC1CCC1CCC1CCCO1. The van der Waals surface area contributed by atoms with E-state index in [1.54, 1.807) is 0 Å². The Bertz CT molecular complexity index is 147. The highest BCUT2D eigenvalue weighted by molar-refractivity contribution is 4.80. The molecular formula is C12H22O. The summed E-state index contributed by atoms with van der Waals surface area (Å²) in [6.45, 7) is 3.36. The molecule has 2 aliphatic rings. The second kappa shape index (κ2) is 4.45. The molecule has 2 rings (SSSR count). The first-order valence-corrected chi connectivity index (χ1v) is 6.01. The standard InChI is InChI=1S/C12H22O/c1-2-10-5-6-11(10)7-8-12-4-3-9-13-12/h10-12H,2-9H2,1H3. The van der Waals surface area contributed by atoms with E-state index in [1.807, 2.05) is 0 Å². The Kier molecular flexibility index (Phi) is 3.26. The molecule has 0 radical (unpaired) electrons. The molecule has 1 heteroatoms. The fourth-order valence-corrected chi connectivity index (χ4v) is 2.83. The van der Waals surface area contributed by atoms with Crippen LogP contribution >= 0.6 is 0 Å². The fourth-order valence-electron chi connectivity index (χ4n) is 2.83. The van der Waals surface area contributed by atoms with Crippen LogP contribution in [-0.4, -0.2) is 12.7 Å². The molecule has 76 valence electrons. The van der Waals surface area contributed by atoms with Crippen molar-refractivity contribution in [3.8, 4) is 0 Å². The van der Waals surface area contributed by atoms with Crippen LogP contribution in [0.4, 0.5) is 0 Å². The molecule has 3 atom stereocenters. The van der Waals surface area contributed by atoms with Crippen LogP contribution in [0, 0.1) is 11.8 Å². The lowest BCUT2D eigenvalue weighted by Gasteiger charge is -2.36. The zero-order chi connectivity index (χ0) is 9.10. The van der Waals surface area contributed by atoms with Crippen molar-refractivity contribution in [3.63, 3.8) is 0 Å². The molecule has 13 heavy (non-hydrogen) atoms. The third-order valence-electron chi connectivity index (χ3n) is 3.98. The lowest BCUT2D eigenvalue weighted by Crippen LogP contribution is -2.26. The molecule has 2 fully saturated rings. The first-order chi connectivity index (χ1) is 6.40. The first-order valence-electron chi connectivity index (χ1n) is 6.01. The van der Waals surface area contributed by atoms with Crippen LogP contribution in [-0.2, 0) is 4.74 Å². The summed E-state index contributed by atoms with van der Waals surface area (Å²) in [6, 6.07) is 0. The molecular weight excluding hydrogens is 160 g/mol. The van der Waals surface area contributed by atoms with Gasteiger partial charge in [-0.15, -0.1) is 0 Å². The summed E-state index contributed by atoms with van der Waals surface area (Å²) >= 11 is 0. The van der Waals surface area contributed by atoms with E-state index in [0.717, 1.165) is 18.4 Å². The molecule has 1 saturated heterocycles. The molecule has 1 heterocycles. The highest BCUT2D eigenvalue weighted by Gasteiger charge is 2.29. The van der Waals surface area contributed by atoms with Crippen molar-refractivity contribution in [2.24, 2.45) is 11.8 Å². The van der Waals surface area contributed by atoms with Crippen LogP contribution in [0.3, 0.4) is 0 Å². The first kappa shape index (κ1) is 9.51. The minimum Gasteiger partial charge on any atom is -0.378 e. The zero-order valence-corrected chi connectivity index (χ0v) is 8.80. The van der Waals surface area contributed by atoms with E-state index < -0.39 is 0 Å². The van der Waals surface area contributed by atoms with Crippen molar-refractivity contribution in [1.29, 1.82) is 0 Å². The highest BCUT2D eigenvalue weighted by atomic mass is 16.5. The van der Waals surface area contributed by atoms with Gasteiger partial charge in [-0.05, 0) is 50.4 Å². The normalized spacial score (nSPS) is 39.0. The van der Waals surface area contributed by atoms with E-state index in [2.05, 4.69) is 6.92 Å². The fraction of sp³-hybridized carbons (Fsp3) is 1.00. The van der Waals surface area contributed by atoms with Gasteiger partial charge in [0.05, 0.1) is 6.10 Å². The molecule has 1 saturated carbocycles. The van der Waals surface area contributed by atoms with Gasteiger partial charge in [0.15, 0.2) is 0 Å². The number of hydrogen-bond acceptors (Lipinski definition) is 1. The minimum absolute atomic E-state index is 0.623. The molecule has 0 bridgehead atoms. The van der Waals surface area contributed by atoms with Crippen LogP contribution in [0.2, 0.25) is 0 Å².